The van der Waals surface area contributed by atoms with Crippen molar-refractivity contribution in [3.63, 3.8) is 0 Å². The van der Waals surface area contributed by atoms with E-state index in [9.17, 15) is 40.3 Å². The molecule has 2 aliphatic rings. The molecule has 8 nitrogen and oxygen atoms in total. The van der Waals surface area contributed by atoms with Crippen molar-refractivity contribution in [2.45, 2.75) is 56.8 Å². The summed E-state index contributed by atoms with van der Waals surface area (Å²) in [4.78, 5) is 41.3. The van der Waals surface area contributed by atoms with Crippen LogP contribution in [0, 0.1) is 5.82 Å². The molecule has 2 aromatic carbocycles. The largest absolute Gasteiger partial charge is 0.417 e. The van der Waals surface area contributed by atoms with E-state index in [0.29, 0.717) is 11.3 Å². The highest BCUT2D eigenvalue weighted by atomic mass is 19.4. The number of alkyl halides is 6. The molecule has 2 amide bonds. The molecule has 43 heavy (non-hydrogen) atoms. The molecule has 0 bridgehead atoms. The van der Waals surface area contributed by atoms with Crippen molar-refractivity contribution in [1.82, 2.24) is 19.8 Å². The topological polar surface area (TPSA) is 105 Å². The van der Waals surface area contributed by atoms with Crippen LogP contribution in [0.4, 0.5) is 30.7 Å². The number of rotatable bonds is 7. The van der Waals surface area contributed by atoms with Gasteiger partial charge < -0.3 is 10.6 Å². The number of aliphatic imine (C=N–C) groups is 1. The zero-order valence-electron chi connectivity index (χ0n) is 22.2. The first-order valence-corrected chi connectivity index (χ1v) is 13.0. The van der Waals surface area contributed by atoms with Gasteiger partial charge in [0.15, 0.2) is 11.5 Å². The zero-order valence-corrected chi connectivity index (χ0v) is 22.2. The van der Waals surface area contributed by atoms with Gasteiger partial charge in [-0.3, -0.25) is 14.5 Å². The van der Waals surface area contributed by atoms with Crippen molar-refractivity contribution in [2.75, 3.05) is 0 Å². The zero-order chi connectivity index (χ0) is 31.2. The monoisotopic (exact) mass is 608 g/mol. The second-order valence-corrected chi connectivity index (χ2v) is 10.2. The first kappa shape index (κ1) is 29.9. The molecule has 5 rings (SSSR count). The number of benzene rings is 2. The number of nitrogens with zero attached hydrogens (tertiary/aromatic N) is 5. The number of nitrogens with two attached hydrogens (primary N) is 1. The van der Waals surface area contributed by atoms with E-state index in [1.807, 2.05) is 0 Å². The van der Waals surface area contributed by atoms with Crippen molar-refractivity contribution >= 4 is 17.8 Å². The lowest BCUT2D eigenvalue weighted by Crippen LogP contribution is -2.42. The number of halogens is 7. The lowest BCUT2D eigenvalue weighted by Gasteiger charge is -2.27. The summed E-state index contributed by atoms with van der Waals surface area (Å²) in [6.07, 6.45) is -8.78. The van der Waals surface area contributed by atoms with Crippen molar-refractivity contribution in [3.05, 3.63) is 94.3 Å². The van der Waals surface area contributed by atoms with Gasteiger partial charge in [0.25, 0.3) is 11.8 Å². The number of fused-ring (bicyclic) bond motifs is 1. The van der Waals surface area contributed by atoms with Gasteiger partial charge in [-0.2, -0.15) is 26.3 Å². The Bertz CT molecular complexity index is 1560. The number of carbonyl (C=O) groups excluding carboxylic acids is 2. The molecule has 0 saturated heterocycles. The predicted octanol–water partition coefficient (Wildman–Crippen LogP) is 5.08. The molecule has 0 radical (unpaired) electrons. The van der Waals surface area contributed by atoms with Crippen LogP contribution in [0.5, 0.6) is 0 Å². The molecule has 0 spiro atoms. The molecule has 2 aliphatic heterocycles. The SMILES string of the molecule is NC1=N[C@](CCCC(F)(F)F)(c2ccc(F)cc2)C(=O)N1Cc1ccc(C(F)(F)F)c(C(=O)N2Cc3cncnc3C2)c1. The van der Waals surface area contributed by atoms with Crippen LogP contribution in [0.1, 0.15) is 57.6 Å². The molecule has 0 saturated carbocycles. The van der Waals surface area contributed by atoms with Gasteiger partial charge in [-0.15, -0.1) is 0 Å². The van der Waals surface area contributed by atoms with E-state index in [1.54, 1.807) is 0 Å². The summed E-state index contributed by atoms with van der Waals surface area (Å²) in [5.41, 5.74) is 3.58. The fourth-order valence-electron chi connectivity index (χ4n) is 5.26. The number of amides is 2. The Morgan fingerprint density at radius 1 is 1.02 bits per heavy atom. The summed E-state index contributed by atoms with van der Waals surface area (Å²) in [6.45, 7) is -0.458. The summed E-state index contributed by atoms with van der Waals surface area (Å²) in [6, 6.07) is 7.28. The third kappa shape index (κ3) is 6.01. The Morgan fingerprint density at radius 2 is 1.74 bits per heavy atom. The summed E-state index contributed by atoms with van der Waals surface area (Å²) in [7, 11) is 0. The van der Waals surface area contributed by atoms with Crippen LogP contribution in [-0.4, -0.2) is 43.7 Å². The van der Waals surface area contributed by atoms with Crippen molar-refractivity contribution in [2.24, 2.45) is 10.7 Å². The van der Waals surface area contributed by atoms with Gasteiger partial charge in [-0.1, -0.05) is 18.2 Å². The standard InChI is InChI=1S/C28H23F7N6O2/c29-19-5-3-18(4-6-19)26(8-1-9-27(30,31)32)24(43)41(25(36)39-26)12-16-2-7-21(28(33,34)35)20(10-16)23(42)40-13-17-11-37-15-38-22(17)14-40/h2-7,10-11,15H,1,8-9,12-14H2,(H2,36,39)/t26-/m1/s1. The average molecular weight is 609 g/mol. The van der Waals surface area contributed by atoms with E-state index in [2.05, 4.69) is 15.0 Å². The first-order valence-electron chi connectivity index (χ1n) is 13.0. The first-order chi connectivity index (χ1) is 20.2. The molecule has 1 atom stereocenters. The van der Waals surface area contributed by atoms with Gasteiger partial charge in [-0.05, 0) is 48.2 Å². The van der Waals surface area contributed by atoms with E-state index in [0.717, 1.165) is 35.2 Å². The second kappa shape index (κ2) is 10.9. The van der Waals surface area contributed by atoms with Gasteiger partial charge in [0.2, 0.25) is 0 Å². The van der Waals surface area contributed by atoms with Crippen LogP contribution in [0.3, 0.4) is 0 Å². The van der Waals surface area contributed by atoms with E-state index in [1.165, 1.54) is 29.6 Å². The van der Waals surface area contributed by atoms with Crippen molar-refractivity contribution in [1.29, 1.82) is 0 Å². The Kier molecular flexibility index (Phi) is 7.60. The Labute approximate surface area is 240 Å². The van der Waals surface area contributed by atoms with E-state index in [4.69, 9.17) is 5.73 Å². The van der Waals surface area contributed by atoms with Crippen LogP contribution >= 0.6 is 0 Å². The minimum atomic E-state index is -4.88. The quantitative estimate of drug-likeness (QED) is 0.377. The van der Waals surface area contributed by atoms with Gasteiger partial charge in [0, 0.05) is 24.7 Å². The van der Waals surface area contributed by atoms with Crippen LogP contribution in [-0.2, 0) is 36.1 Å². The molecule has 3 aromatic rings. The number of aromatic nitrogens is 2. The Morgan fingerprint density at radius 3 is 2.40 bits per heavy atom. The molecule has 0 fully saturated rings. The molecule has 0 unspecified atom stereocenters. The van der Waals surface area contributed by atoms with Crippen molar-refractivity contribution < 1.29 is 40.3 Å². The van der Waals surface area contributed by atoms with Crippen LogP contribution in [0.25, 0.3) is 0 Å². The third-order valence-corrected chi connectivity index (χ3v) is 7.33. The molecule has 2 N–H and O–H groups in total. The summed E-state index contributed by atoms with van der Waals surface area (Å²) in [5.74, 6) is -2.79. The second-order valence-electron chi connectivity index (χ2n) is 10.2. The van der Waals surface area contributed by atoms with Gasteiger partial charge in [-0.25, -0.2) is 19.4 Å². The highest BCUT2D eigenvalue weighted by Gasteiger charge is 2.49. The van der Waals surface area contributed by atoms with Gasteiger partial charge >= 0.3 is 12.4 Å². The summed E-state index contributed by atoms with van der Waals surface area (Å²) < 4.78 is 94.2. The van der Waals surface area contributed by atoms with Crippen LogP contribution < -0.4 is 5.73 Å². The molecular formula is C28H23F7N6O2. The highest BCUT2D eigenvalue weighted by Crippen LogP contribution is 2.40. The molecule has 1 aromatic heterocycles. The third-order valence-electron chi connectivity index (χ3n) is 7.33. The maximum absolute atomic E-state index is 13.9. The van der Waals surface area contributed by atoms with Crippen LogP contribution in [0.2, 0.25) is 0 Å². The lowest BCUT2D eigenvalue weighted by molar-refractivity contribution is -0.139. The number of guanidine groups is 1. The highest BCUT2D eigenvalue weighted by molar-refractivity contribution is 6.07. The molecular weight excluding hydrogens is 585 g/mol. The molecule has 0 aliphatic carbocycles. The fourth-order valence-corrected chi connectivity index (χ4v) is 5.26. The number of hydrogen-bond acceptors (Lipinski definition) is 6. The summed E-state index contributed by atoms with van der Waals surface area (Å²) in [5, 5.41) is 0. The predicted molar refractivity (Wildman–Crippen MR) is 137 cm³/mol. The smallest absolute Gasteiger partial charge is 0.369 e. The minimum Gasteiger partial charge on any atom is -0.369 e. The maximum Gasteiger partial charge on any atom is 0.417 e. The Hall–Kier alpha value is -4.56. The van der Waals surface area contributed by atoms with E-state index in [-0.39, 0.29) is 30.2 Å². The van der Waals surface area contributed by atoms with Crippen LogP contribution in [0.15, 0.2) is 60.0 Å². The van der Waals surface area contributed by atoms with Crippen molar-refractivity contribution in [3.8, 4) is 0 Å². The number of hydrogen-bond donors (Lipinski definition) is 1. The fraction of sp³-hybridized carbons (Fsp3) is 0.321. The molecule has 226 valence electrons. The normalized spacial score (nSPS) is 18.7. The Balaban J connectivity index is 1.45. The maximum atomic E-state index is 13.9. The minimum absolute atomic E-state index is 0.00113. The molecule has 3 heterocycles. The van der Waals surface area contributed by atoms with E-state index >= 15 is 0 Å². The summed E-state index contributed by atoms with van der Waals surface area (Å²) >= 11 is 0. The average Bonchev–Trinajstić information content (AvgIpc) is 3.47. The molecule has 15 heteroatoms. The van der Waals surface area contributed by atoms with Gasteiger partial charge in [0.1, 0.15) is 12.1 Å². The van der Waals surface area contributed by atoms with Gasteiger partial charge in [0.05, 0.1) is 29.9 Å². The number of carbonyl (C=O) groups is 2. The van der Waals surface area contributed by atoms with E-state index < -0.39 is 72.5 Å². The lowest BCUT2D eigenvalue weighted by atomic mass is 9.84.